The van der Waals surface area contributed by atoms with Crippen LogP contribution in [0.3, 0.4) is 0 Å². The Morgan fingerprint density at radius 1 is 1.23 bits per heavy atom. The summed E-state index contributed by atoms with van der Waals surface area (Å²) in [6.45, 7) is 10.6. The number of rotatable bonds is 6. The van der Waals surface area contributed by atoms with E-state index in [0.717, 1.165) is 15.7 Å². The lowest BCUT2D eigenvalue weighted by Crippen LogP contribution is -2.43. The Balaban J connectivity index is 0.000000271. The number of benzene rings is 1. The number of aromatic amines is 2. The quantitative estimate of drug-likeness (QED) is 0.333. The smallest absolute Gasteiger partial charge is 0.408 e. The van der Waals surface area contributed by atoms with Gasteiger partial charge < -0.3 is 20.1 Å². The van der Waals surface area contributed by atoms with Gasteiger partial charge in [0.1, 0.15) is 11.6 Å². The van der Waals surface area contributed by atoms with Gasteiger partial charge in [-0.3, -0.25) is 4.79 Å². The van der Waals surface area contributed by atoms with Crippen molar-refractivity contribution in [2.24, 2.45) is 0 Å². The van der Waals surface area contributed by atoms with Crippen LogP contribution in [-0.2, 0) is 9.53 Å². The molecule has 0 aliphatic carbocycles. The standard InChI is InChI=1S/C14H12BrN5O.C9H17NO4/c1-7-11(13(21)9-4-3-5-10(15)6-9)8(2)16-12(7)14-17-19-20-18-14;1-5-6(7(11)12)10-8(13)14-9(2,3)4/h3-6,16H,1-2H3,(H,17,18,19,20);6H,5H2,1-4H3,(H,10,13)(H,11,12). The maximum atomic E-state index is 12.7. The molecule has 4 N–H and O–H groups in total. The summed E-state index contributed by atoms with van der Waals surface area (Å²) in [5.74, 6) is -0.639. The van der Waals surface area contributed by atoms with Gasteiger partial charge in [-0.2, -0.15) is 5.21 Å². The summed E-state index contributed by atoms with van der Waals surface area (Å²) in [6.07, 6.45) is -0.374. The zero-order chi connectivity index (χ0) is 26.3. The minimum atomic E-state index is -1.06. The molecule has 1 unspecified atom stereocenters. The number of H-pyrrole nitrogens is 2. The molecule has 11 nitrogen and oxygen atoms in total. The number of ether oxygens (including phenoxy) is 1. The number of tetrazole rings is 1. The SMILES string of the molecule is CCC(NC(=O)OC(C)(C)C)C(=O)O.Cc1[nH]c(-c2nn[nH]n2)c(C)c1C(=O)c1cccc(Br)c1. The number of hydrogen-bond donors (Lipinski definition) is 4. The first-order valence-electron chi connectivity index (χ1n) is 10.8. The number of aromatic nitrogens is 5. The fourth-order valence-electron chi connectivity index (χ4n) is 3.14. The number of nitrogens with zero attached hydrogens (tertiary/aromatic N) is 3. The molecule has 0 saturated heterocycles. The molecule has 3 rings (SSSR count). The molecule has 2 aromatic heterocycles. The van der Waals surface area contributed by atoms with Crippen molar-refractivity contribution in [1.29, 1.82) is 0 Å². The highest BCUT2D eigenvalue weighted by Crippen LogP contribution is 2.27. The topological polar surface area (TPSA) is 163 Å². The van der Waals surface area contributed by atoms with Crippen LogP contribution in [0.25, 0.3) is 11.5 Å². The van der Waals surface area contributed by atoms with Crippen LogP contribution in [0.4, 0.5) is 4.79 Å². The van der Waals surface area contributed by atoms with Gasteiger partial charge in [-0.05, 0) is 63.9 Å². The maximum Gasteiger partial charge on any atom is 0.408 e. The normalized spacial score (nSPS) is 11.7. The van der Waals surface area contributed by atoms with Gasteiger partial charge in [-0.1, -0.05) is 35.0 Å². The van der Waals surface area contributed by atoms with Crippen LogP contribution in [0.5, 0.6) is 0 Å². The predicted octanol–water partition coefficient (Wildman–Crippen LogP) is 4.18. The molecule has 1 atom stereocenters. The molecule has 0 bridgehead atoms. The number of aliphatic carboxylic acids is 1. The van der Waals surface area contributed by atoms with Crippen molar-refractivity contribution in [1.82, 2.24) is 30.9 Å². The summed E-state index contributed by atoms with van der Waals surface area (Å²) in [7, 11) is 0. The Kier molecular flexibility index (Phi) is 9.29. The molecular formula is C23H29BrN6O5. The number of amides is 1. The Morgan fingerprint density at radius 2 is 1.91 bits per heavy atom. The Hall–Kier alpha value is -3.54. The molecule has 12 heteroatoms. The van der Waals surface area contributed by atoms with Crippen LogP contribution in [0.1, 0.15) is 61.3 Å². The second kappa shape index (κ2) is 11.7. The van der Waals surface area contributed by atoms with Gasteiger partial charge in [0.15, 0.2) is 5.78 Å². The maximum absolute atomic E-state index is 12.7. The molecule has 35 heavy (non-hydrogen) atoms. The number of halogens is 1. The van der Waals surface area contributed by atoms with Crippen molar-refractivity contribution in [3.05, 3.63) is 51.1 Å². The van der Waals surface area contributed by atoms with Gasteiger partial charge >= 0.3 is 12.1 Å². The van der Waals surface area contributed by atoms with E-state index in [4.69, 9.17) is 9.84 Å². The van der Waals surface area contributed by atoms with E-state index in [1.165, 1.54) is 0 Å². The summed E-state index contributed by atoms with van der Waals surface area (Å²) in [5.41, 5.74) is 2.99. The van der Waals surface area contributed by atoms with Crippen LogP contribution >= 0.6 is 15.9 Å². The molecule has 0 fully saturated rings. The van der Waals surface area contributed by atoms with E-state index in [0.29, 0.717) is 29.1 Å². The molecule has 2 heterocycles. The Bertz CT molecular complexity index is 1180. The van der Waals surface area contributed by atoms with Crippen LogP contribution in [0.15, 0.2) is 28.7 Å². The van der Waals surface area contributed by atoms with E-state index >= 15 is 0 Å². The molecule has 0 aliphatic heterocycles. The highest BCUT2D eigenvalue weighted by Gasteiger charge is 2.23. The summed E-state index contributed by atoms with van der Waals surface area (Å²) < 4.78 is 5.78. The third-order valence-corrected chi connectivity index (χ3v) is 5.21. The first kappa shape index (κ1) is 27.7. The van der Waals surface area contributed by atoms with E-state index in [1.54, 1.807) is 33.8 Å². The lowest BCUT2D eigenvalue weighted by Gasteiger charge is -2.21. The lowest BCUT2D eigenvalue weighted by atomic mass is 9.99. The average molecular weight is 549 g/mol. The first-order valence-corrected chi connectivity index (χ1v) is 11.6. The van der Waals surface area contributed by atoms with Crippen molar-refractivity contribution in [3.8, 4) is 11.5 Å². The van der Waals surface area contributed by atoms with Gasteiger partial charge in [0.2, 0.25) is 5.82 Å². The van der Waals surface area contributed by atoms with Crippen molar-refractivity contribution < 1.29 is 24.2 Å². The second-order valence-electron chi connectivity index (χ2n) is 8.65. The molecule has 188 valence electrons. The number of aryl methyl sites for hydroxylation is 1. The van der Waals surface area contributed by atoms with Gasteiger partial charge in [0.05, 0.1) is 5.69 Å². The van der Waals surface area contributed by atoms with Crippen molar-refractivity contribution in [2.45, 2.75) is 59.6 Å². The number of alkyl carbamates (subject to hydrolysis) is 1. The van der Waals surface area contributed by atoms with Gasteiger partial charge in [-0.25, -0.2) is 9.59 Å². The number of carboxylic acid groups (broad SMARTS) is 1. The number of hydrogen-bond acceptors (Lipinski definition) is 7. The zero-order valence-electron chi connectivity index (χ0n) is 20.4. The average Bonchev–Trinajstić information content (AvgIpc) is 3.38. The first-order chi connectivity index (χ1) is 16.3. The van der Waals surface area contributed by atoms with Gasteiger partial charge in [0, 0.05) is 21.3 Å². The van der Waals surface area contributed by atoms with Crippen LogP contribution < -0.4 is 5.32 Å². The predicted molar refractivity (Wildman–Crippen MR) is 132 cm³/mol. The largest absolute Gasteiger partial charge is 0.480 e. The molecular weight excluding hydrogens is 520 g/mol. The molecule has 0 spiro atoms. The van der Waals surface area contributed by atoms with Gasteiger partial charge in [-0.15, -0.1) is 10.2 Å². The minimum absolute atomic E-state index is 0.0303. The summed E-state index contributed by atoms with van der Waals surface area (Å²) in [5, 5.41) is 24.8. The fraction of sp³-hybridized carbons (Fsp3) is 0.391. The summed E-state index contributed by atoms with van der Waals surface area (Å²) >= 11 is 3.38. The van der Waals surface area contributed by atoms with Crippen LogP contribution in [0.2, 0.25) is 0 Å². The Morgan fingerprint density at radius 3 is 2.43 bits per heavy atom. The Labute approximate surface area is 211 Å². The van der Waals surface area contributed by atoms with Crippen molar-refractivity contribution in [2.75, 3.05) is 0 Å². The van der Waals surface area contributed by atoms with E-state index < -0.39 is 23.7 Å². The molecule has 0 saturated carbocycles. The second-order valence-corrected chi connectivity index (χ2v) is 9.56. The number of nitrogens with one attached hydrogen (secondary N) is 3. The molecule has 1 amide bonds. The molecule has 0 aliphatic rings. The number of carbonyl (C=O) groups excluding carboxylic acids is 2. The van der Waals surface area contributed by atoms with E-state index in [-0.39, 0.29) is 5.78 Å². The third-order valence-electron chi connectivity index (χ3n) is 4.72. The third kappa shape index (κ3) is 7.74. The van der Waals surface area contributed by atoms with Crippen LogP contribution in [0, 0.1) is 13.8 Å². The van der Waals surface area contributed by atoms with Crippen molar-refractivity contribution >= 4 is 33.8 Å². The van der Waals surface area contributed by atoms with E-state index in [2.05, 4.69) is 46.9 Å². The monoisotopic (exact) mass is 548 g/mol. The summed E-state index contributed by atoms with van der Waals surface area (Å²) in [4.78, 5) is 37.6. The lowest BCUT2D eigenvalue weighted by molar-refractivity contribution is -0.139. The number of carboxylic acids is 1. The highest BCUT2D eigenvalue weighted by atomic mass is 79.9. The van der Waals surface area contributed by atoms with E-state index in [9.17, 15) is 14.4 Å². The molecule has 0 radical (unpaired) electrons. The zero-order valence-corrected chi connectivity index (χ0v) is 22.0. The van der Waals surface area contributed by atoms with Crippen LogP contribution in [-0.4, -0.2) is 60.2 Å². The number of carbonyl (C=O) groups is 3. The van der Waals surface area contributed by atoms with E-state index in [1.807, 2.05) is 32.0 Å². The molecule has 3 aromatic rings. The highest BCUT2D eigenvalue weighted by molar-refractivity contribution is 9.10. The van der Waals surface area contributed by atoms with Gasteiger partial charge in [0.25, 0.3) is 0 Å². The van der Waals surface area contributed by atoms with Crippen molar-refractivity contribution in [3.63, 3.8) is 0 Å². The number of ketones is 1. The molecule has 1 aromatic carbocycles. The summed E-state index contributed by atoms with van der Waals surface area (Å²) in [6, 6.07) is 6.45. The fourth-order valence-corrected chi connectivity index (χ4v) is 3.54. The minimum Gasteiger partial charge on any atom is -0.480 e.